The molecule has 0 aromatic heterocycles. The lowest BCUT2D eigenvalue weighted by molar-refractivity contribution is -0.145. The lowest BCUT2D eigenvalue weighted by atomic mass is 10.3. The maximum atomic E-state index is 11.9. The zero-order valence-corrected chi connectivity index (χ0v) is 11.6. The van der Waals surface area contributed by atoms with Crippen molar-refractivity contribution in [1.29, 1.82) is 0 Å². The van der Waals surface area contributed by atoms with Crippen molar-refractivity contribution in [1.82, 2.24) is 4.90 Å². The van der Waals surface area contributed by atoms with Gasteiger partial charge in [0.25, 0.3) is 0 Å². The van der Waals surface area contributed by atoms with Gasteiger partial charge in [0.15, 0.2) is 0 Å². The van der Waals surface area contributed by atoms with Crippen LogP contribution in [0.15, 0.2) is 0 Å². The summed E-state index contributed by atoms with van der Waals surface area (Å²) < 4.78 is 10.6. The van der Waals surface area contributed by atoms with Crippen LogP contribution in [-0.4, -0.2) is 49.2 Å². The average Bonchev–Trinajstić information content (AvgIpc) is 3.11. The molecule has 0 spiro atoms. The van der Waals surface area contributed by atoms with E-state index < -0.39 is 0 Å². The Bertz CT molecular complexity index is 327. The Hall–Kier alpha value is -1.10. The predicted octanol–water partition coefficient (Wildman–Crippen LogP) is 1.36. The van der Waals surface area contributed by atoms with Gasteiger partial charge in [-0.2, -0.15) is 0 Å². The number of hydrogen-bond donors (Lipinski definition) is 0. The van der Waals surface area contributed by atoms with Crippen LogP contribution in [0.3, 0.4) is 0 Å². The highest BCUT2D eigenvalue weighted by molar-refractivity contribution is 5.81. The summed E-state index contributed by atoms with van der Waals surface area (Å²) >= 11 is 0. The Balaban J connectivity index is 1.61. The zero-order valence-electron chi connectivity index (χ0n) is 11.6. The van der Waals surface area contributed by atoms with Crippen LogP contribution in [0.1, 0.15) is 39.0 Å². The second kappa shape index (κ2) is 6.89. The molecule has 1 atom stereocenters. The first-order valence-corrected chi connectivity index (χ1v) is 7.24. The molecule has 19 heavy (non-hydrogen) atoms. The van der Waals surface area contributed by atoms with Crippen LogP contribution in [0.2, 0.25) is 0 Å². The Morgan fingerprint density at radius 2 is 2.00 bits per heavy atom. The summed E-state index contributed by atoms with van der Waals surface area (Å²) in [4.78, 5) is 24.9. The first-order valence-electron chi connectivity index (χ1n) is 7.24. The second-order valence-corrected chi connectivity index (χ2v) is 5.33. The van der Waals surface area contributed by atoms with Gasteiger partial charge in [-0.05, 0) is 32.1 Å². The fourth-order valence-electron chi connectivity index (χ4n) is 2.25. The van der Waals surface area contributed by atoms with Crippen LogP contribution in [0.25, 0.3) is 0 Å². The van der Waals surface area contributed by atoms with Crippen LogP contribution >= 0.6 is 0 Å². The van der Waals surface area contributed by atoms with Gasteiger partial charge in [-0.3, -0.25) is 9.59 Å². The van der Waals surface area contributed by atoms with Gasteiger partial charge >= 0.3 is 5.97 Å². The molecule has 2 rings (SSSR count). The van der Waals surface area contributed by atoms with Crippen molar-refractivity contribution in [3.05, 3.63) is 0 Å². The minimum atomic E-state index is -0.295. The topological polar surface area (TPSA) is 55.8 Å². The Labute approximate surface area is 114 Å². The van der Waals surface area contributed by atoms with Crippen molar-refractivity contribution >= 4 is 11.9 Å². The summed E-state index contributed by atoms with van der Waals surface area (Å²) in [6.45, 7) is 4.40. The molecule has 1 aliphatic carbocycles. The molecule has 0 radical (unpaired) electrons. The van der Waals surface area contributed by atoms with E-state index in [2.05, 4.69) is 0 Å². The normalized spacial score (nSPS) is 22.6. The van der Waals surface area contributed by atoms with Crippen molar-refractivity contribution in [2.75, 3.05) is 26.3 Å². The summed E-state index contributed by atoms with van der Waals surface area (Å²) in [6.07, 6.45) is 4.10. The number of ether oxygens (including phenoxy) is 2. The summed E-state index contributed by atoms with van der Waals surface area (Å²) in [5, 5.41) is 0. The van der Waals surface area contributed by atoms with E-state index in [1.807, 2.05) is 0 Å². The van der Waals surface area contributed by atoms with E-state index in [-0.39, 0.29) is 30.8 Å². The van der Waals surface area contributed by atoms with Crippen LogP contribution < -0.4 is 0 Å². The molecule has 0 aromatic carbocycles. The standard InChI is InChI=1S/C14H23NO4/c1-2-18-14(17)6-5-13(16)15-8-7-12(9-15)19-10-11-3-4-11/h11-12H,2-10H2,1H3/t12-/m0/s1. The van der Waals surface area contributed by atoms with E-state index in [9.17, 15) is 9.59 Å². The number of carbonyl (C=O) groups is 2. The minimum Gasteiger partial charge on any atom is -0.466 e. The molecule has 108 valence electrons. The van der Waals surface area contributed by atoms with Gasteiger partial charge in [0.05, 0.1) is 19.1 Å². The molecule has 0 bridgehead atoms. The fraction of sp³-hybridized carbons (Fsp3) is 0.857. The maximum absolute atomic E-state index is 11.9. The number of esters is 1. The number of amides is 1. The van der Waals surface area contributed by atoms with Gasteiger partial charge in [0.2, 0.25) is 5.91 Å². The first kappa shape index (κ1) is 14.3. The van der Waals surface area contributed by atoms with Gasteiger partial charge in [-0.15, -0.1) is 0 Å². The van der Waals surface area contributed by atoms with Gasteiger partial charge in [-0.25, -0.2) is 0 Å². The highest BCUT2D eigenvalue weighted by Crippen LogP contribution is 2.30. The second-order valence-electron chi connectivity index (χ2n) is 5.33. The van der Waals surface area contributed by atoms with Crippen molar-refractivity contribution in [3.63, 3.8) is 0 Å². The number of carbonyl (C=O) groups excluding carboxylic acids is 2. The fourth-order valence-corrected chi connectivity index (χ4v) is 2.25. The Morgan fingerprint density at radius 3 is 2.68 bits per heavy atom. The van der Waals surface area contributed by atoms with Crippen LogP contribution in [0, 0.1) is 5.92 Å². The van der Waals surface area contributed by atoms with E-state index in [1.165, 1.54) is 12.8 Å². The molecule has 0 unspecified atom stereocenters. The third-order valence-electron chi connectivity index (χ3n) is 3.61. The molecule has 1 heterocycles. The summed E-state index contributed by atoms with van der Waals surface area (Å²) in [7, 11) is 0. The molecule has 0 aromatic rings. The molecule has 1 saturated carbocycles. The number of hydrogen-bond acceptors (Lipinski definition) is 4. The van der Waals surface area contributed by atoms with Crippen molar-refractivity contribution in [3.8, 4) is 0 Å². The quantitative estimate of drug-likeness (QED) is 0.655. The van der Waals surface area contributed by atoms with Crippen LogP contribution in [0.5, 0.6) is 0 Å². The first-order chi connectivity index (χ1) is 9.19. The smallest absolute Gasteiger partial charge is 0.306 e. The number of likely N-dealkylation sites (tertiary alicyclic amines) is 1. The zero-order chi connectivity index (χ0) is 13.7. The minimum absolute atomic E-state index is 0.0329. The van der Waals surface area contributed by atoms with Crippen molar-refractivity contribution in [2.45, 2.75) is 45.1 Å². The Morgan fingerprint density at radius 1 is 1.21 bits per heavy atom. The summed E-state index contributed by atoms with van der Waals surface area (Å²) in [5.74, 6) is 0.496. The maximum Gasteiger partial charge on any atom is 0.306 e. The monoisotopic (exact) mass is 269 g/mol. The number of rotatable bonds is 7. The lowest BCUT2D eigenvalue weighted by Crippen LogP contribution is -2.30. The SMILES string of the molecule is CCOC(=O)CCC(=O)N1CC[C@H](OCC2CC2)C1. The molecule has 1 aliphatic heterocycles. The highest BCUT2D eigenvalue weighted by Gasteiger charge is 2.29. The lowest BCUT2D eigenvalue weighted by Gasteiger charge is -2.16. The van der Waals surface area contributed by atoms with E-state index in [0.29, 0.717) is 13.2 Å². The molecule has 2 aliphatic rings. The van der Waals surface area contributed by atoms with E-state index in [0.717, 1.165) is 25.5 Å². The third-order valence-corrected chi connectivity index (χ3v) is 3.61. The van der Waals surface area contributed by atoms with Crippen LogP contribution in [0.4, 0.5) is 0 Å². The van der Waals surface area contributed by atoms with E-state index in [1.54, 1.807) is 11.8 Å². The molecule has 1 amide bonds. The number of nitrogens with zero attached hydrogens (tertiary/aromatic N) is 1. The highest BCUT2D eigenvalue weighted by atomic mass is 16.5. The molecular weight excluding hydrogens is 246 g/mol. The van der Waals surface area contributed by atoms with Gasteiger partial charge in [0.1, 0.15) is 0 Å². The van der Waals surface area contributed by atoms with E-state index >= 15 is 0 Å². The van der Waals surface area contributed by atoms with Crippen LogP contribution in [-0.2, 0) is 19.1 Å². The van der Waals surface area contributed by atoms with E-state index in [4.69, 9.17) is 9.47 Å². The molecule has 5 nitrogen and oxygen atoms in total. The van der Waals surface area contributed by atoms with Crippen molar-refractivity contribution in [2.24, 2.45) is 5.92 Å². The van der Waals surface area contributed by atoms with Crippen molar-refractivity contribution < 1.29 is 19.1 Å². The van der Waals surface area contributed by atoms with Gasteiger partial charge in [0, 0.05) is 26.1 Å². The molecular formula is C14H23NO4. The summed E-state index contributed by atoms with van der Waals surface area (Å²) in [5.41, 5.74) is 0. The molecule has 0 N–H and O–H groups in total. The Kier molecular flexibility index (Phi) is 5.19. The van der Waals surface area contributed by atoms with Gasteiger partial charge < -0.3 is 14.4 Å². The van der Waals surface area contributed by atoms with Gasteiger partial charge in [-0.1, -0.05) is 0 Å². The molecule has 1 saturated heterocycles. The predicted molar refractivity (Wildman–Crippen MR) is 69.5 cm³/mol. The third kappa shape index (κ3) is 4.82. The largest absolute Gasteiger partial charge is 0.466 e. The average molecular weight is 269 g/mol. The molecule has 2 fully saturated rings. The molecule has 5 heteroatoms. The summed E-state index contributed by atoms with van der Waals surface area (Å²) in [6, 6.07) is 0.